The van der Waals surface area contributed by atoms with Crippen LogP contribution >= 0.6 is 11.3 Å². The van der Waals surface area contributed by atoms with Crippen molar-refractivity contribution in [1.82, 2.24) is 10.3 Å². The molecule has 0 aliphatic carbocycles. The van der Waals surface area contributed by atoms with Crippen molar-refractivity contribution in [3.8, 4) is 0 Å². The van der Waals surface area contributed by atoms with Gasteiger partial charge >= 0.3 is 0 Å². The molecule has 0 saturated carbocycles. The normalized spacial score (nSPS) is 15.0. The van der Waals surface area contributed by atoms with Gasteiger partial charge in [-0.1, -0.05) is 0 Å². The van der Waals surface area contributed by atoms with E-state index in [1.165, 1.54) is 15.7 Å². The average Bonchev–Trinajstić information content (AvgIpc) is 3.24. The summed E-state index contributed by atoms with van der Waals surface area (Å²) < 4.78 is 3.59. The summed E-state index contributed by atoms with van der Waals surface area (Å²) in [5, 5.41) is 5.48. The molecule has 4 nitrogen and oxygen atoms in total. The highest BCUT2D eigenvalue weighted by molar-refractivity contribution is 7.17. The number of benzene rings is 1. The Hall–Kier alpha value is -2.40. The van der Waals surface area contributed by atoms with Gasteiger partial charge in [-0.15, -0.1) is 11.3 Å². The minimum atomic E-state index is 0.864. The second-order valence-corrected chi connectivity index (χ2v) is 6.19. The number of thiophene rings is 1. The molecule has 1 aromatic carbocycles. The molecule has 1 aliphatic heterocycles. The summed E-state index contributed by atoms with van der Waals surface area (Å²) in [5.41, 5.74) is 5.87. The largest absolute Gasteiger partial charge is 0.368 e. The molecular weight excluding hydrogens is 280 g/mol. The van der Waals surface area contributed by atoms with E-state index in [4.69, 9.17) is 0 Å². The van der Waals surface area contributed by atoms with Crippen molar-refractivity contribution >= 4 is 44.1 Å². The van der Waals surface area contributed by atoms with Gasteiger partial charge in [0.2, 0.25) is 0 Å². The van der Waals surface area contributed by atoms with E-state index in [1.807, 2.05) is 0 Å². The van der Waals surface area contributed by atoms with Crippen molar-refractivity contribution in [1.29, 1.82) is 0 Å². The summed E-state index contributed by atoms with van der Waals surface area (Å²) in [6.45, 7) is 1.80. The predicted molar refractivity (Wildman–Crippen MR) is 86.2 cm³/mol. The van der Waals surface area contributed by atoms with Crippen LogP contribution in [-0.4, -0.2) is 23.9 Å². The van der Waals surface area contributed by atoms with Crippen LogP contribution in [0.15, 0.2) is 46.8 Å². The fourth-order valence-electron chi connectivity index (χ4n) is 3.04. The lowest BCUT2D eigenvalue weighted by molar-refractivity contribution is -0.449. The van der Waals surface area contributed by atoms with Crippen molar-refractivity contribution in [2.75, 3.05) is 13.1 Å². The Balaban J connectivity index is 1.90. The highest BCUT2D eigenvalue weighted by Crippen LogP contribution is 2.21. The Bertz CT molecular complexity index is 1020. The van der Waals surface area contributed by atoms with Gasteiger partial charge in [-0.05, 0) is 29.6 Å². The molecule has 5 rings (SSSR count). The summed E-state index contributed by atoms with van der Waals surface area (Å²) in [6.07, 6.45) is 0. The molecule has 0 atom stereocenters. The fraction of sp³-hybridized carbons (Fsp3) is 0.125. The molecule has 21 heavy (non-hydrogen) atoms. The van der Waals surface area contributed by atoms with Crippen LogP contribution in [0.3, 0.4) is 0 Å². The van der Waals surface area contributed by atoms with Gasteiger partial charge in [0, 0.05) is 24.2 Å². The molecule has 0 radical (unpaired) electrons. The molecule has 5 heteroatoms. The molecule has 3 aromatic heterocycles. The Labute approximate surface area is 124 Å². The number of aromatic amines is 1. The van der Waals surface area contributed by atoms with Gasteiger partial charge in [0.25, 0.3) is 5.65 Å². The number of imidazole rings is 1. The van der Waals surface area contributed by atoms with Gasteiger partial charge in [0.05, 0.1) is 11.2 Å². The second kappa shape index (κ2) is 4.05. The van der Waals surface area contributed by atoms with Gasteiger partial charge in [-0.25, -0.2) is 4.98 Å². The summed E-state index contributed by atoms with van der Waals surface area (Å²) in [4.78, 5) is 8.00. The first kappa shape index (κ1) is 11.3. The first-order valence-electron chi connectivity index (χ1n) is 7.02. The molecular formula is C16H13N4S+. The van der Waals surface area contributed by atoms with E-state index in [2.05, 4.69) is 61.5 Å². The van der Waals surface area contributed by atoms with Crippen molar-refractivity contribution in [3.05, 3.63) is 47.3 Å². The number of H-pyrrole nitrogens is 1. The number of rotatable bonds is 1. The molecule has 0 spiro atoms. The highest BCUT2D eigenvalue weighted by atomic mass is 32.1. The van der Waals surface area contributed by atoms with Crippen LogP contribution in [0.25, 0.3) is 26.9 Å². The van der Waals surface area contributed by atoms with E-state index in [9.17, 15) is 0 Å². The first-order chi connectivity index (χ1) is 10.4. The standard InChI is InChI=1S/C16H12N4S/c1-2-11-13(9-10(1)16-17-6-7-18-16)20-12-5-8-21-14(12)3-4-15(20)19-11/h1-5,8-9H,6-7H2,(H,17,18)/p+1. The van der Waals surface area contributed by atoms with Crippen molar-refractivity contribution in [2.24, 2.45) is 4.99 Å². The molecule has 4 aromatic rings. The van der Waals surface area contributed by atoms with Gasteiger partial charge in [-0.3, -0.25) is 4.99 Å². The maximum absolute atomic E-state index is 4.52. The Kier molecular flexibility index (Phi) is 2.18. The van der Waals surface area contributed by atoms with Gasteiger partial charge < -0.3 is 5.32 Å². The molecule has 2 N–H and O–H groups in total. The number of pyridine rings is 1. The van der Waals surface area contributed by atoms with Gasteiger partial charge in [0.1, 0.15) is 5.84 Å². The van der Waals surface area contributed by atoms with E-state index in [0.717, 1.165) is 35.7 Å². The van der Waals surface area contributed by atoms with Crippen LogP contribution in [0.5, 0.6) is 0 Å². The number of nitrogens with one attached hydrogen (secondary N) is 2. The average molecular weight is 293 g/mol. The smallest absolute Gasteiger partial charge is 0.285 e. The van der Waals surface area contributed by atoms with Crippen LogP contribution < -0.4 is 9.72 Å². The number of aliphatic imine (C=N–C) groups is 1. The molecule has 4 heterocycles. The van der Waals surface area contributed by atoms with Crippen LogP contribution in [0.1, 0.15) is 5.56 Å². The number of hydrogen-bond donors (Lipinski definition) is 2. The third-order valence-corrected chi connectivity index (χ3v) is 4.87. The quantitative estimate of drug-likeness (QED) is 0.520. The third-order valence-electron chi connectivity index (χ3n) is 4.00. The number of amidine groups is 1. The predicted octanol–water partition coefficient (Wildman–Crippen LogP) is 2.47. The van der Waals surface area contributed by atoms with Crippen LogP contribution in [-0.2, 0) is 0 Å². The van der Waals surface area contributed by atoms with E-state index in [0.29, 0.717) is 0 Å². The number of fused-ring (bicyclic) bond motifs is 5. The second-order valence-electron chi connectivity index (χ2n) is 5.24. The lowest BCUT2D eigenvalue weighted by atomic mass is 10.2. The Morgan fingerprint density at radius 2 is 2.10 bits per heavy atom. The summed E-state index contributed by atoms with van der Waals surface area (Å²) >= 11 is 1.77. The summed E-state index contributed by atoms with van der Waals surface area (Å²) in [5.74, 6) is 1.00. The molecule has 0 amide bonds. The maximum atomic E-state index is 4.52. The van der Waals surface area contributed by atoms with E-state index >= 15 is 0 Å². The first-order valence-corrected chi connectivity index (χ1v) is 7.90. The van der Waals surface area contributed by atoms with Gasteiger partial charge in [-0.2, -0.15) is 4.40 Å². The minimum absolute atomic E-state index is 0.864. The van der Waals surface area contributed by atoms with E-state index < -0.39 is 0 Å². The summed E-state index contributed by atoms with van der Waals surface area (Å²) in [7, 11) is 0. The van der Waals surface area contributed by atoms with Crippen molar-refractivity contribution in [3.63, 3.8) is 0 Å². The van der Waals surface area contributed by atoms with Gasteiger partial charge in [0.15, 0.2) is 16.6 Å². The molecule has 102 valence electrons. The molecule has 0 fully saturated rings. The number of hydrogen-bond acceptors (Lipinski definition) is 3. The number of nitrogens with zero attached hydrogens (tertiary/aromatic N) is 2. The topological polar surface area (TPSA) is 44.3 Å². The van der Waals surface area contributed by atoms with Crippen molar-refractivity contribution in [2.45, 2.75) is 0 Å². The Morgan fingerprint density at radius 1 is 1.10 bits per heavy atom. The SMILES string of the molecule is c1cc2c(ccc3[nH]c4ccc(C5=NCCN5)cc4[n+]32)s1. The molecule has 0 unspecified atom stereocenters. The highest BCUT2D eigenvalue weighted by Gasteiger charge is 2.17. The number of aromatic nitrogens is 2. The van der Waals surface area contributed by atoms with Crippen molar-refractivity contribution < 1.29 is 4.40 Å². The van der Waals surface area contributed by atoms with Crippen LogP contribution in [0.4, 0.5) is 0 Å². The lowest BCUT2D eigenvalue weighted by Gasteiger charge is -2.00. The molecule has 0 saturated heterocycles. The fourth-order valence-corrected chi connectivity index (χ4v) is 3.81. The zero-order chi connectivity index (χ0) is 13.8. The summed E-state index contributed by atoms with van der Waals surface area (Å²) in [6, 6.07) is 13.0. The minimum Gasteiger partial charge on any atom is -0.368 e. The van der Waals surface area contributed by atoms with Crippen LogP contribution in [0, 0.1) is 0 Å². The molecule has 0 bridgehead atoms. The third kappa shape index (κ3) is 1.55. The monoisotopic (exact) mass is 293 g/mol. The Morgan fingerprint density at radius 3 is 3.00 bits per heavy atom. The van der Waals surface area contributed by atoms with Crippen LogP contribution in [0.2, 0.25) is 0 Å². The zero-order valence-electron chi connectivity index (χ0n) is 11.3. The lowest BCUT2D eigenvalue weighted by Crippen LogP contribution is -2.22. The maximum Gasteiger partial charge on any atom is 0.285 e. The van der Waals surface area contributed by atoms with E-state index in [-0.39, 0.29) is 0 Å². The van der Waals surface area contributed by atoms with E-state index in [1.54, 1.807) is 11.3 Å². The zero-order valence-corrected chi connectivity index (χ0v) is 12.1. The molecule has 1 aliphatic rings.